The van der Waals surface area contributed by atoms with Gasteiger partial charge in [-0.1, -0.05) is 11.6 Å². The topological polar surface area (TPSA) is 66.9 Å². The van der Waals surface area contributed by atoms with Crippen molar-refractivity contribution in [2.45, 2.75) is 0 Å². The van der Waals surface area contributed by atoms with Crippen LogP contribution in [-0.4, -0.2) is 15.9 Å². The maximum Gasteiger partial charge on any atom is 0.278 e. The van der Waals surface area contributed by atoms with Crippen molar-refractivity contribution in [1.82, 2.24) is 9.97 Å². The van der Waals surface area contributed by atoms with E-state index >= 15 is 0 Å². The molecule has 2 N–H and O–H groups in total. The van der Waals surface area contributed by atoms with Crippen LogP contribution in [0.2, 0.25) is 5.02 Å². The minimum absolute atomic E-state index is 0.122. The van der Waals surface area contributed by atoms with Gasteiger partial charge in [0.25, 0.3) is 5.91 Å². The molecule has 0 saturated carbocycles. The fourth-order valence-electron chi connectivity index (χ4n) is 1.99. The van der Waals surface area contributed by atoms with Gasteiger partial charge in [-0.15, -0.1) is 0 Å². The number of nitrogens with zero attached hydrogens (tertiary/aromatic N) is 2. The van der Waals surface area contributed by atoms with Crippen molar-refractivity contribution in [2.24, 2.45) is 0 Å². The van der Waals surface area contributed by atoms with Gasteiger partial charge in [-0.2, -0.15) is 0 Å². The Hall–Kier alpha value is -2.99. The number of carbonyl (C=O) groups is 1. The quantitative estimate of drug-likeness (QED) is 0.743. The number of halogens is 2. The van der Waals surface area contributed by atoms with E-state index < -0.39 is 5.91 Å². The van der Waals surface area contributed by atoms with Crippen molar-refractivity contribution in [3.8, 4) is 0 Å². The summed E-state index contributed by atoms with van der Waals surface area (Å²) in [4.78, 5) is 20.6. The molecule has 0 bridgehead atoms. The molecule has 0 aliphatic carbocycles. The van der Waals surface area contributed by atoms with E-state index in [1.54, 1.807) is 36.4 Å². The van der Waals surface area contributed by atoms with Crippen LogP contribution >= 0.6 is 11.6 Å². The van der Waals surface area contributed by atoms with E-state index in [1.807, 2.05) is 0 Å². The lowest BCUT2D eigenvalue weighted by atomic mass is 10.2. The largest absolute Gasteiger partial charge is 0.338 e. The second-order valence-electron chi connectivity index (χ2n) is 4.85. The zero-order valence-electron chi connectivity index (χ0n) is 12.3. The Kier molecular flexibility index (Phi) is 4.67. The molecule has 1 amide bonds. The third kappa shape index (κ3) is 3.85. The predicted molar refractivity (Wildman–Crippen MR) is 91.1 cm³/mol. The summed E-state index contributed by atoms with van der Waals surface area (Å²) in [6, 6.07) is 12.4. The Morgan fingerprint density at radius 3 is 2.25 bits per heavy atom. The number of aromatic nitrogens is 2. The van der Waals surface area contributed by atoms with Crippen molar-refractivity contribution in [3.05, 3.63) is 77.5 Å². The molecule has 0 radical (unpaired) electrons. The number of amides is 1. The van der Waals surface area contributed by atoms with Crippen LogP contribution in [0.4, 0.5) is 21.6 Å². The number of nitrogens with one attached hydrogen (secondary N) is 2. The fourth-order valence-corrected chi connectivity index (χ4v) is 2.12. The van der Waals surface area contributed by atoms with E-state index in [1.165, 1.54) is 24.5 Å². The second kappa shape index (κ2) is 7.06. The summed E-state index contributed by atoms with van der Waals surface area (Å²) >= 11 is 5.82. The summed E-state index contributed by atoms with van der Waals surface area (Å²) in [6.45, 7) is 0. The highest BCUT2D eigenvalue weighted by Crippen LogP contribution is 2.19. The third-order valence-electron chi connectivity index (χ3n) is 3.12. The van der Waals surface area contributed by atoms with Crippen molar-refractivity contribution < 1.29 is 9.18 Å². The molecule has 1 heterocycles. The van der Waals surface area contributed by atoms with Gasteiger partial charge in [0, 0.05) is 28.8 Å². The highest BCUT2D eigenvalue weighted by molar-refractivity contribution is 6.30. The molecule has 3 aromatic rings. The molecule has 0 atom stereocenters. The van der Waals surface area contributed by atoms with Gasteiger partial charge in [-0.3, -0.25) is 4.79 Å². The molecule has 120 valence electrons. The lowest BCUT2D eigenvalue weighted by Crippen LogP contribution is -2.16. The lowest BCUT2D eigenvalue weighted by molar-refractivity contribution is 0.102. The molecule has 0 aliphatic heterocycles. The lowest BCUT2D eigenvalue weighted by Gasteiger charge is -2.10. The van der Waals surface area contributed by atoms with Gasteiger partial charge in [0.2, 0.25) is 0 Å². The van der Waals surface area contributed by atoms with E-state index in [4.69, 9.17) is 11.6 Å². The molecule has 0 spiro atoms. The van der Waals surface area contributed by atoms with E-state index in [0.29, 0.717) is 16.4 Å². The molecule has 2 aromatic carbocycles. The first-order valence-corrected chi connectivity index (χ1v) is 7.40. The monoisotopic (exact) mass is 342 g/mol. The first kappa shape index (κ1) is 15.9. The van der Waals surface area contributed by atoms with Gasteiger partial charge in [0.05, 0.1) is 0 Å². The normalized spacial score (nSPS) is 10.2. The van der Waals surface area contributed by atoms with Crippen LogP contribution in [-0.2, 0) is 0 Å². The van der Waals surface area contributed by atoms with Gasteiger partial charge < -0.3 is 10.6 Å². The van der Waals surface area contributed by atoms with Crippen molar-refractivity contribution in [1.29, 1.82) is 0 Å². The molecular weight excluding hydrogens is 331 g/mol. The summed E-state index contributed by atoms with van der Waals surface area (Å²) < 4.78 is 13.0. The molecule has 7 heteroatoms. The minimum Gasteiger partial charge on any atom is -0.338 e. The molecular formula is C17H12ClFN4O. The van der Waals surface area contributed by atoms with Crippen LogP contribution in [0.3, 0.4) is 0 Å². The van der Waals surface area contributed by atoms with Crippen LogP contribution < -0.4 is 10.6 Å². The highest BCUT2D eigenvalue weighted by atomic mass is 35.5. The number of hydrogen-bond donors (Lipinski definition) is 2. The van der Waals surface area contributed by atoms with Gasteiger partial charge in [-0.25, -0.2) is 14.4 Å². The SMILES string of the molecule is O=C(Nc1ccc(Cl)cc1)c1nccnc1Nc1ccc(F)cc1. The molecule has 0 aliphatic rings. The summed E-state index contributed by atoms with van der Waals surface area (Å²) in [6.07, 6.45) is 2.89. The number of benzene rings is 2. The number of rotatable bonds is 4. The van der Waals surface area contributed by atoms with Crippen molar-refractivity contribution >= 4 is 34.7 Å². The van der Waals surface area contributed by atoms with Gasteiger partial charge in [0.15, 0.2) is 11.5 Å². The second-order valence-corrected chi connectivity index (χ2v) is 5.28. The smallest absolute Gasteiger partial charge is 0.278 e. The highest BCUT2D eigenvalue weighted by Gasteiger charge is 2.14. The van der Waals surface area contributed by atoms with Gasteiger partial charge in [-0.05, 0) is 48.5 Å². The van der Waals surface area contributed by atoms with E-state index in [-0.39, 0.29) is 17.3 Å². The van der Waals surface area contributed by atoms with Gasteiger partial charge >= 0.3 is 0 Å². The van der Waals surface area contributed by atoms with Crippen molar-refractivity contribution in [2.75, 3.05) is 10.6 Å². The van der Waals surface area contributed by atoms with Crippen LogP contribution in [0.1, 0.15) is 10.5 Å². The Morgan fingerprint density at radius 2 is 1.54 bits per heavy atom. The molecule has 0 fully saturated rings. The van der Waals surface area contributed by atoms with Crippen LogP contribution in [0.15, 0.2) is 60.9 Å². The molecule has 24 heavy (non-hydrogen) atoms. The molecule has 5 nitrogen and oxygen atoms in total. The first-order valence-electron chi connectivity index (χ1n) is 7.02. The summed E-state index contributed by atoms with van der Waals surface area (Å²) in [7, 11) is 0. The fraction of sp³-hybridized carbons (Fsp3) is 0. The molecule has 0 unspecified atom stereocenters. The Morgan fingerprint density at radius 1 is 0.917 bits per heavy atom. The number of carbonyl (C=O) groups excluding carboxylic acids is 1. The van der Waals surface area contributed by atoms with Crippen LogP contribution in [0.5, 0.6) is 0 Å². The van der Waals surface area contributed by atoms with Crippen LogP contribution in [0.25, 0.3) is 0 Å². The maximum absolute atomic E-state index is 13.0. The molecule has 1 aromatic heterocycles. The van der Waals surface area contributed by atoms with Crippen LogP contribution in [0, 0.1) is 5.82 Å². The number of hydrogen-bond acceptors (Lipinski definition) is 4. The average molecular weight is 343 g/mol. The van der Waals surface area contributed by atoms with E-state index in [0.717, 1.165) is 0 Å². The van der Waals surface area contributed by atoms with Crippen molar-refractivity contribution in [3.63, 3.8) is 0 Å². The maximum atomic E-state index is 13.0. The zero-order valence-corrected chi connectivity index (χ0v) is 13.1. The van der Waals surface area contributed by atoms with E-state index in [9.17, 15) is 9.18 Å². The minimum atomic E-state index is -0.421. The predicted octanol–water partition coefficient (Wildman–Crippen LogP) is 4.27. The standard InChI is InChI=1S/C17H12ClFN4O/c18-11-1-5-14(6-2-11)23-17(24)15-16(21-10-9-20-15)22-13-7-3-12(19)4-8-13/h1-10H,(H,21,22)(H,23,24). The average Bonchev–Trinajstić information content (AvgIpc) is 2.59. The van der Waals surface area contributed by atoms with Gasteiger partial charge in [0.1, 0.15) is 5.82 Å². The molecule has 3 rings (SSSR count). The first-order chi connectivity index (χ1) is 11.6. The Balaban J connectivity index is 1.81. The third-order valence-corrected chi connectivity index (χ3v) is 3.37. The number of anilines is 3. The Labute approximate surface area is 142 Å². The summed E-state index contributed by atoms with van der Waals surface area (Å²) in [5.41, 5.74) is 1.30. The van der Waals surface area contributed by atoms with E-state index in [2.05, 4.69) is 20.6 Å². The summed E-state index contributed by atoms with van der Waals surface area (Å²) in [5, 5.41) is 6.25. The Bertz CT molecular complexity index is 853. The molecule has 0 saturated heterocycles. The summed E-state index contributed by atoms with van der Waals surface area (Å²) in [5.74, 6) is -0.494. The zero-order chi connectivity index (χ0) is 16.9.